The molecule has 6 nitrogen and oxygen atoms in total. The van der Waals surface area contributed by atoms with Crippen molar-refractivity contribution in [2.24, 2.45) is 0 Å². The van der Waals surface area contributed by atoms with Gasteiger partial charge in [0.15, 0.2) is 0 Å². The summed E-state index contributed by atoms with van der Waals surface area (Å²) in [5.41, 5.74) is 1.49. The van der Waals surface area contributed by atoms with E-state index in [0.29, 0.717) is 30.5 Å². The van der Waals surface area contributed by atoms with E-state index in [0.717, 1.165) is 11.3 Å². The van der Waals surface area contributed by atoms with Crippen LogP contribution in [0.15, 0.2) is 28.7 Å². The van der Waals surface area contributed by atoms with Crippen LogP contribution in [-0.2, 0) is 16.0 Å². The second kappa shape index (κ2) is 8.49. The van der Waals surface area contributed by atoms with Gasteiger partial charge in [0.1, 0.15) is 11.5 Å². The highest BCUT2D eigenvalue weighted by atomic mass is 16.5. The molecule has 0 aliphatic heterocycles. The van der Waals surface area contributed by atoms with Crippen LogP contribution in [0.1, 0.15) is 25.3 Å². The van der Waals surface area contributed by atoms with E-state index in [-0.39, 0.29) is 18.4 Å². The quantitative estimate of drug-likeness (QED) is 0.753. The van der Waals surface area contributed by atoms with Crippen molar-refractivity contribution in [2.45, 2.75) is 33.3 Å². The van der Waals surface area contributed by atoms with Crippen LogP contribution in [0, 0.1) is 6.92 Å². The predicted molar refractivity (Wildman–Crippen MR) is 91.0 cm³/mol. The summed E-state index contributed by atoms with van der Waals surface area (Å²) in [6.45, 7) is 6.71. The number of methoxy groups -OCH3 is 1. The maximum atomic E-state index is 12.0. The van der Waals surface area contributed by atoms with Crippen LogP contribution in [0.5, 0.6) is 5.75 Å². The molecule has 0 atom stereocenters. The first-order chi connectivity index (χ1) is 11.5. The molecule has 0 spiro atoms. The third kappa shape index (κ3) is 5.09. The Hall–Kier alpha value is -2.34. The van der Waals surface area contributed by atoms with E-state index in [1.54, 1.807) is 7.11 Å². The van der Waals surface area contributed by atoms with E-state index in [1.165, 1.54) is 0 Å². The number of benzene rings is 1. The zero-order valence-electron chi connectivity index (χ0n) is 14.6. The Kier molecular flexibility index (Phi) is 6.37. The second-order valence-electron chi connectivity index (χ2n) is 5.70. The standard InChI is InChI=1S/C18H24N2O4/c1-12(2)23-10-9-19-17(21)11-16-13(3)24-18(20-16)14-5-7-15(22-4)8-6-14/h5-8,12H,9-11H2,1-4H3,(H,19,21). The smallest absolute Gasteiger partial charge is 0.226 e. The summed E-state index contributed by atoms with van der Waals surface area (Å²) < 4.78 is 16.2. The van der Waals surface area contributed by atoms with Gasteiger partial charge in [-0.1, -0.05) is 0 Å². The van der Waals surface area contributed by atoms with E-state index >= 15 is 0 Å². The Morgan fingerprint density at radius 3 is 2.62 bits per heavy atom. The van der Waals surface area contributed by atoms with Crippen LogP contribution < -0.4 is 10.1 Å². The molecule has 0 fully saturated rings. The van der Waals surface area contributed by atoms with E-state index in [1.807, 2.05) is 45.0 Å². The highest BCUT2D eigenvalue weighted by molar-refractivity contribution is 5.78. The van der Waals surface area contributed by atoms with Gasteiger partial charge >= 0.3 is 0 Å². The van der Waals surface area contributed by atoms with Crippen LogP contribution in [0.2, 0.25) is 0 Å². The first-order valence-electron chi connectivity index (χ1n) is 7.98. The number of nitrogens with one attached hydrogen (secondary N) is 1. The van der Waals surface area contributed by atoms with Crippen molar-refractivity contribution in [2.75, 3.05) is 20.3 Å². The van der Waals surface area contributed by atoms with Gasteiger partial charge in [0.2, 0.25) is 11.8 Å². The number of hydrogen-bond donors (Lipinski definition) is 1. The fourth-order valence-electron chi connectivity index (χ4n) is 2.15. The maximum absolute atomic E-state index is 12.0. The zero-order chi connectivity index (χ0) is 17.5. The largest absolute Gasteiger partial charge is 0.497 e. The molecular weight excluding hydrogens is 308 g/mol. The monoisotopic (exact) mass is 332 g/mol. The number of carbonyl (C=O) groups is 1. The molecule has 2 rings (SSSR count). The second-order valence-corrected chi connectivity index (χ2v) is 5.70. The number of hydrogen-bond acceptors (Lipinski definition) is 5. The van der Waals surface area contributed by atoms with Gasteiger partial charge in [-0.3, -0.25) is 4.79 Å². The molecule has 0 aliphatic carbocycles. The Labute approximate surface area is 142 Å². The first-order valence-corrected chi connectivity index (χ1v) is 7.98. The fraction of sp³-hybridized carbons (Fsp3) is 0.444. The van der Waals surface area contributed by atoms with Crippen molar-refractivity contribution in [3.05, 3.63) is 35.7 Å². The Morgan fingerprint density at radius 1 is 1.29 bits per heavy atom. The molecule has 2 aromatic rings. The van der Waals surface area contributed by atoms with Gasteiger partial charge in [-0.05, 0) is 45.0 Å². The average Bonchev–Trinajstić information content (AvgIpc) is 2.92. The third-order valence-electron chi connectivity index (χ3n) is 3.43. The molecule has 1 amide bonds. The van der Waals surface area contributed by atoms with Crippen molar-refractivity contribution in [3.8, 4) is 17.2 Å². The van der Waals surface area contributed by atoms with Gasteiger partial charge in [-0.2, -0.15) is 0 Å². The topological polar surface area (TPSA) is 73.6 Å². The van der Waals surface area contributed by atoms with Gasteiger partial charge in [0, 0.05) is 12.1 Å². The SMILES string of the molecule is COc1ccc(-c2nc(CC(=O)NCCOC(C)C)c(C)o2)cc1. The molecular formula is C18H24N2O4. The lowest BCUT2D eigenvalue weighted by Gasteiger charge is -2.08. The summed E-state index contributed by atoms with van der Waals surface area (Å²) in [5.74, 6) is 1.82. The molecule has 0 saturated carbocycles. The molecule has 1 aromatic carbocycles. The Bertz CT molecular complexity index is 662. The van der Waals surface area contributed by atoms with E-state index < -0.39 is 0 Å². The fourth-order valence-corrected chi connectivity index (χ4v) is 2.15. The Balaban J connectivity index is 1.94. The molecule has 0 bridgehead atoms. The van der Waals surface area contributed by atoms with Crippen molar-refractivity contribution in [1.29, 1.82) is 0 Å². The molecule has 130 valence electrons. The van der Waals surface area contributed by atoms with Crippen LogP contribution in [-0.4, -0.2) is 37.3 Å². The molecule has 0 aliphatic rings. The van der Waals surface area contributed by atoms with Crippen molar-refractivity contribution in [1.82, 2.24) is 10.3 Å². The maximum Gasteiger partial charge on any atom is 0.226 e. The van der Waals surface area contributed by atoms with Gasteiger partial charge < -0.3 is 19.2 Å². The summed E-state index contributed by atoms with van der Waals surface area (Å²) in [7, 11) is 1.62. The van der Waals surface area contributed by atoms with Crippen LogP contribution in [0.3, 0.4) is 0 Å². The van der Waals surface area contributed by atoms with Crippen molar-refractivity contribution in [3.63, 3.8) is 0 Å². The van der Waals surface area contributed by atoms with E-state index in [2.05, 4.69) is 10.3 Å². The molecule has 6 heteroatoms. The van der Waals surface area contributed by atoms with Crippen molar-refractivity contribution < 1.29 is 18.7 Å². The lowest BCUT2D eigenvalue weighted by Crippen LogP contribution is -2.29. The van der Waals surface area contributed by atoms with Gasteiger partial charge in [0.25, 0.3) is 0 Å². The molecule has 1 aromatic heterocycles. The summed E-state index contributed by atoms with van der Waals surface area (Å²) in [6, 6.07) is 7.43. The molecule has 0 radical (unpaired) electrons. The summed E-state index contributed by atoms with van der Waals surface area (Å²) >= 11 is 0. The number of aromatic nitrogens is 1. The highest BCUT2D eigenvalue weighted by Crippen LogP contribution is 2.24. The van der Waals surface area contributed by atoms with Crippen LogP contribution in [0.25, 0.3) is 11.5 Å². The molecule has 0 unspecified atom stereocenters. The highest BCUT2D eigenvalue weighted by Gasteiger charge is 2.14. The lowest BCUT2D eigenvalue weighted by atomic mass is 10.2. The average molecular weight is 332 g/mol. The summed E-state index contributed by atoms with van der Waals surface area (Å²) in [6.07, 6.45) is 0.347. The molecule has 1 heterocycles. The van der Waals surface area contributed by atoms with Gasteiger partial charge in [-0.15, -0.1) is 0 Å². The van der Waals surface area contributed by atoms with E-state index in [9.17, 15) is 4.79 Å². The predicted octanol–water partition coefficient (Wildman–Crippen LogP) is 2.74. The Morgan fingerprint density at radius 2 is 2.00 bits per heavy atom. The molecule has 24 heavy (non-hydrogen) atoms. The first kappa shape index (κ1) is 18.0. The van der Waals surface area contributed by atoms with Crippen LogP contribution in [0.4, 0.5) is 0 Å². The number of aryl methyl sites for hydroxylation is 1. The number of ether oxygens (including phenoxy) is 2. The minimum atomic E-state index is -0.0972. The van der Waals surface area contributed by atoms with Gasteiger partial charge in [0.05, 0.1) is 31.9 Å². The minimum absolute atomic E-state index is 0.0972. The molecule has 0 saturated heterocycles. The number of oxazole rings is 1. The lowest BCUT2D eigenvalue weighted by molar-refractivity contribution is -0.120. The molecule has 1 N–H and O–H groups in total. The van der Waals surface area contributed by atoms with Gasteiger partial charge in [-0.25, -0.2) is 4.98 Å². The number of amides is 1. The number of nitrogens with zero attached hydrogens (tertiary/aromatic N) is 1. The van der Waals surface area contributed by atoms with Crippen molar-refractivity contribution >= 4 is 5.91 Å². The van der Waals surface area contributed by atoms with E-state index in [4.69, 9.17) is 13.9 Å². The third-order valence-corrected chi connectivity index (χ3v) is 3.43. The normalized spacial score (nSPS) is 10.9. The summed E-state index contributed by atoms with van der Waals surface area (Å²) in [4.78, 5) is 16.4. The zero-order valence-corrected chi connectivity index (χ0v) is 14.6. The number of rotatable bonds is 8. The minimum Gasteiger partial charge on any atom is -0.497 e. The number of carbonyl (C=O) groups excluding carboxylic acids is 1. The summed E-state index contributed by atoms with van der Waals surface area (Å²) in [5, 5.41) is 2.82. The van der Waals surface area contributed by atoms with Crippen LogP contribution >= 0.6 is 0 Å².